The molecule has 3 aromatic carbocycles. The maximum Gasteiger partial charge on any atom is 0.264 e. The van der Waals surface area contributed by atoms with Crippen LogP contribution < -0.4 is 9.73 Å². The summed E-state index contributed by atoms with van der Waals surface area (Å²) in [6.07, 6.45) is 1.51. The maximum atomic E-state index is 13.5. The number of amides is 1. The molecule has 0 saturated carbocycles. The number of benzene rings is 3. The predicted octanol–water partition coefficient (Wildman–Crippen LogP) is 6.40. The molecule has 0 fully saturated rings. The lowest BCUT2D eigenvalue weighted by molar-refractivity contribution is -0.119. The fourth-order valence-corrected chi connectivity index (χ4v) is 5.98. The van der Waals surface area contributed by atoms with Crippen LogP contribution in [0.25, 0.3) is 5.69 Å². The molecule has 4 rings (SSSR count). The topological polar surface area (TPSA) is 83.8 Å². The van der Waals surface area contributed by atoms with E-state index >= 15 is 0 Å². The van der Waals surface area contributed by atoms with Crippen LogP contribution in [-0.2, 0) is 14.8 Å². The maximum absolute atomic E-state index is 13.5. The van der Waals surface area contributed by atoms with Crippen LogP contribution in [0.15, 0.2) is 88.9 Å². The SMILES string of the molecule is Cc1cc(/C=N\NC(=O)CN(c2cccc(Cl)c2Cl)S(=O)(=O)c2ccccc2)c(C)n1-c1ccc(Cl)cc1. The van der Waals surface area contributed by atoms with Crippen LogP contribution in [0.4, 0.5) is 5.69 Å². The fraction of sp³-hybridized carbons (Fsp3) is 0.111. The normalized spacial score (nSPS) is 11.6. The van der Waals surface area contributed by atoms with E-state index in [-0.39, 0.29) is 20.6 Å². The minimum absolute atomic E-state index is 0.00184. The van der Waals surface area contributed by atoms with Gasteiger partial charge in [0.05, 0.1) is 26.8 Å². The van der Waals surface area contributed by atoms with Crippen molar-refractivity contribution in [1.82, 2.24) is 9.99 Å². The van der Waals surface area contributed by atoms with Crippen molar-refractivity contribution < 1.29 is 13.2 Å². The van der Waals surface area contributed by atoms with Gasteiger partial charge in [0, 0.05) is 27.7 Å². The average Bonchev–Trinajstić information content (AvgIpc) is 3.18. The summed E-state index contributed by atoms with van der Waals surface area (Å²) < 4.78 is 29.9. The number of sulfonamides is 1. The molecular weight excluding hydrogens is 567 g/mol. The molecule has 0 aliphatic carbocycles. The zero-order valence-corrected chi connectivity index (χ0v) is 23.5. The minimum Gasteiger partial charge on any atom is -0.318 e. The number of carbonyl (C=O) groups is 1. The van der Waals surface area contributed by atoms with Gasteiger partial charge in [-0.25, -0.2) is 13.8 Å². The van der Waals surface area contributed by atoms with Crippen LogP contribution >= 0.6 is 34.8 Å². The predicted molar refractivity (Wildman–Crippen MR) is 153 cm³/mol. The van der Waals surface area contributed by atoms with Crippen molar-refractivity contribution in [2.45, 2.75) is 18.7 Å². The third-order valence-corrected chi connectivity index (χ3v) is 8.60. The van der Waals surface area contributed by atoms with E-state index in [0.29, 0.717) is 5.02 Å². The van der Waals surface area contributed by atoms with Gasteiger partial charge in [-0.2, -0.15) is 5.10 Å². The summed E-state index contributed by atoms with van der Waals surface area (Å²) in [5.41, 5.74) is 6.08. The van der Waals surface area contributed by atoms with Crippen molar-refractivity contribution in [3.8, 4) is 5.69 Å². The van der Waals surface area contributed by atoms with Crippen LogP contribution in [0.1, 0.15) is 17.0 Å². The molecule has 1 heterocycles. The van der Waals surface area contributed by atoms with Gasteiger partial charge >= 0.3 is 0 Å². The molecule has 4 aromatic rings. The summed E-state index contributed by atoms with van der Waals surface area (Å²) in [5, 5.41) is 4.88. The van der Waals surface area contributed by atoms with E-state index in [9.17, 15) is 13.2 Å². The summed E-state index contributed by atoms with van der Waals surface area (Å²) in [7, 11) is -4.14. The molecule has 7 nitrogen and oxygen atoms in total. The lowest BCUT2D eigenvalue weighted by atomic mass is 10.2. The minimum atomic E-state index is -4.14. The highest BCUT2D eigenvalue weighted by atomic mass is 35.5. The summed E-state index contributed by atoms with van der Waals surface area (Å²) in [6, 6.07) is 21.7. The summed E-state index contributed by atoms with van der Waals surface area (Å²) in [6.45, 7) is 3.32. The highest BCUT2D eigenvalue weighted by Gasteiger charge is 2.29. The Morgan fingerprint density at radius 3 is 2.34 bits per heavy atom. The van der Waals surface area contributed by atoms with Gasteiger partial charge in [0.25, 0.3) is 15.9 Å². The molecule has 0 bridgehead atoms. The Morgan fingerprint density at radius 1 is 0.974 bits per heavy atom. The molecule has 0 atom stereocenters. The van der Waals surface area contributed by atoms with E-state index in [4.69, 9.17) is 34.8 Å². The van der Waals surface area contributed by atoms with Gasteiger partial charge < -0.3 is 4.57 Å². The number of anilines is 1. The molecule has 1 amide bonds. The van der Waals surface area contributed by atoms with Crippen molar-refractivity contribution in [3.63, 3.8) is 0 Å². The number of rotatable bonds is 8. The number of aryl methyl sites for hydroxylation is 1. The second-order valence-electron chi connectivity index (χ2n) is 8.33. The number of carbonyl (C=O) groups excluding carboxylic acids is 1. The van der Waals surface area contributed by atoms with E-state index in [1.807, 2.05) is 48.7 Å². The Labute approximate surface area is 236 Å². The summed E-state index contributed by atoms with van der Waals surface area (Å²) in [5.74, 6) is -0.664. The first-order valence-corrected chi connectivity index (χ1v) is 14.0. The number of hydrogen-bond acceptors (Lipinski definition) is 4. The molecule has 196 valence electrons. The van der Waals surface area contributed by atoms with E-state index in [0.717, 1.165) is 26.9 Å². The number of halogens is 3. The molecule has 1 aromatic heterocycles. The lowest BCUT2D eigenvalue weighted by Crippen LogP contribution is -2.39. The van der Waals surface area contributed by atoms with Gasteiger partial charge in [-0.1, -0.05) is 59.1 Å². The Hall–Kier alpha value is -3.30. The lowest BCUT2D eigenvalue weighted by Gasteiger charge is -2.24. The fourth-order valence-electron chi connectivity index (χ4n) is 3.95. The first-order valence-electron chi connectivity index (χ1n) is 11.4. The average molecular weight is 590 g/mol. The second-order valence-corrected chi connectivity index (χ2v) is 11.4. The molecule has 0 spiro atoms. The number of aromatic nitrogens is 1. The third-order valence-electron chi connectivity index (χ3n) is 5.77. The Balaban J connectivity index is 1.57. The van der Waals surface area contributed by atoms with Crippen LogP contribution in [0.3, 0.4) is 0 Å². The van der Waals surface area contributed by atoms with Crippen LogP contribution in [0.5, 0.6) is 0 Å². The third kappa shape index (κ3) is 5.89. The molecule has 0 saturated heterocycles. The van der Waals surface area contributed by atoms with E-state index < -0.39 is 22.5 Å². The molecule has 0 aliphatic rings. The van der Waals surface area contributed by atoms with Gasteiger partial charge in [0.2, 0.25) is 0 Å². The van der Waals surface area contributed by atoms with Gasteiger partial charge in [0.15, 0.2) is 0 Å². The molecule has 11 heteroatoms. The summed E-state index contributed by atoms with van der Waals surface area (Å²) in [4.78, 5) is 12.9. The van der Waals surface area contributed by atoms with Crippen LogP contribution in [0, 0.1) is 13.8 Å². The standard InChI is InChI=1S/C27H23Cl3N4O3S/c1-18-15-20(19(2)34(18)22-13-11-21(28)12-14-22)16-31-32-26(35)17-33(25-10-6-9-24(29)27(25)30)38(36,37)23-7-4-3-5-8-23/h3-16H,17H2,1-2H3,(H,32,35)/b31-16-. The van der Waals surface area contributed by atoms with Crippen molar-refractivity contribution in [2.24, 2.45) is 5.10 Å². The van der Waals surface area contributed by atoms with E-state index in [2.05, 4.69) is 10.5 Å². The Kier molecular flexibility index (Phi) is 8.47. The van der Waals surface area contributed by atoms with E-state index in [1.165, 1.54) is 30.5 Å². The Bertz CT molecular complexity index is 1600. The second kappa shape index (κ2) is 11.6. The summed E-state index contributed by atoms with van der Waals surface area (Å²) >= 11 is 18.5. The number of hydrogen-bond donors (Lipinski definition) is 1. The number of nitrogens with zero attached hydrogens (tertiary/aromatic N) is 3. The number of nitrogens with one attached hydrogen (secondary N) is 1. The molecule has 38 heavy (non-hydrogen) atoms. The monoisotopic (exact) mass is 588 g/mol. The van der Waals surface area contributed by atoms with Crippen molar-refractivity contribution in [2.75, 3.05) is 10.8 Å². The molecule has 0 unspecified atom stereocenters. The number of hydrazone groups is 1. The Morgan fingerprint density at radius 2 is 1.66 bits per heavy atom. The van der Waals surface area contributed by atoms with Gasteiger partial charge in [-0.3, -0.25) is 9.10 Å². The molecular formula is C27H23Cl3N4O3S. The first-order chi connectivity index (χ1) is 18.1. The zero-order chi connectivity index (χ0) is 27.4. The van der Waals surface area contributed by atoms with Crippen LogP contribution in [0.2, 0.25) is 15.1 Å². The van der Waals surface area contributed by atoms with Gasteiger partial charge in [-0.05, 0) is 68.4 Å². The largest absolute Gasteiger partial charge is 0.318 e. The van der Waals surface area contributed by atoms with Crippen molar-refractivity contribution in [1.29, 1.82) is 0 Å². The highest BCUT2D eigenvalue weighted by molar-refractivity contribution is 7.92. The van der Waals surface area contributed by atoms with Crippen molar-refractivity contribution >= 4 is 62.6 Å². The molecule has 0 radical (unpaired) electrons. The quantitative estimate of drug-likeness (QED) is 0.191. The van der Waals surface area contributed by atoms with Gasteiger partial charge in [-0.15, -0.1) is 0 Å². The van der Waals surface area contributed by atoms with Gasteiger partial charge in [0.1, 0.15) is 6.54 Å². The smallest absolute Gasteiger partial charge is 0.264 e. The first kappa shape index (κ1) is 27.7. The molecule has 0 aliphatic heterocycles. The molecule has 1 N–H and O–H groups in total. The highest BCUT2D eigenvalue weighted by Crippen LogP contribution is 2.35. The van der Waals surface area contributed by atoms with Crippen LogP contribution in [-0.4, -0.2) is 31.7 Å². The zero-order valence-electron chi connectivity index (χ0n) is 20.4. The van der Waals surface area contributed by atoms with E-state index in [1.54, 1.807) is 24.3 Å². The van der Waals surface area contributed by atoms with Crippen molar-refractivity contribution in [3.05, 3.63) is 111 Å².